The van der Waals surface area contributed by atoms with E-state index in [0.717, 1.165) is 17.0 Å². The highest BCUT2D eigenvalue weighted by Crippen LogP contribution is 2.49. The maximum Gasteiger partial charge on any atom is 0.258 e. The Bertz CT molecular complexity index is 1110. The van der Waals surface area contributed by atoms with E-state index in [1.807, 2.05) is 13.0 Å². The minimum atomic E-state index is -0.566. The molecule has 3 aromatic rings. The van der Waals surface area contributed by atoms with Crippen LogP contribution in [0.4, 0.5) is 4.39 Å². The van der Waals surface area contributed by atoms with E-state index in [1.165, 1.54) is 23.5 Å². The standard InChI is InChI=1S/C19H16FN3O2S/c1-10-18(15-6-13(15)9-24)23-16(25)7-14(22-19(23)26-10)5-11-3-2-4-12(8-21)17(11)20/h2-4,7,13,15,24H,5-6,9H2,1H3/t13-,15+/m0/s1. The lowest BCUT2D eigenvalue weighted by Gasteiger charge is -2.06. The summed E-state index contributed by atoms with van der Waals surface area (Å²) in [6, 6.07) is 7.89. The van der Waals surface area contributed by atoms with Crippen molar-refractivity contribution in [1.29, 1.82) is 5.26 Å². The number of aliphatic hydroxyl groups excluding tert-OH is 1. The average Bonchev–Trinajstić information content (AvgIpc) is 3.31. The van der Waals surface area contributed by atoms with Crippen molar-refractivity contribution in [2.24, 2.45) is 5.92 Å². The van der Waals surface area contributed by atoms with Gasteiger partial charge in [0.1, 0.15) is 11.9 Å². The fourth-order valence-electron chi connectivity index (χ4n) is 3.44. The number of aryl methyl sites for hydroxylation is 1. The summed E-state index contributed by atoms with van der Waals surface area (Å²) in [4.78, 5) is 18.8. The molecule has 0 amide bonds. The molecule has 0 radical (unpaired) electrons. The summed E-state index contributed by atoms with van der Waals surface area (Å²) in [5.74, 6) is -0.159. The maximum absolute atomic E-state index is 14.3. The van der Waals surface area contributed by atoms with Crippen LogP contribution in [0.2, 0.25) is 0 Å². The summed E-state index contributed by atoms with van der Waals surface area (Å²) in [6.07, 6.45) is 1.03. The van der Waals surface area contributed by atoms with Gasteiger partial charge in [0.25, 0.3) is 5.56 Å². The average molecular weight is 369 g/mol. The molecule has 26 heavy (non-hydrogen) atoms. The number of hydrogen-bond acceptors (Lipinski definition) is 5. The molecule has 0 spiro atoms. The molecule has 2 aromatic heterocycles. The maximum atomic E-state index is 14.3. The van der Waals surface area contributed by atoms with Crippen LogP contribution in [-0.4, -0.2) is 21.1 Å². The molecule has 1 N–H and O–H groups in total. The van der Waals surface area contributed by atoms with Crippen LogP contribution in [0.15, 0.2) is 29.1 Å². The summed E-state index contributed by atoms with van der Waals surface area (Å²) in [5.41, 5.74) is 1.55. The largest absolute Gasteiger partial charge is 0.396 e. The molecule has 1 aliphatic carbocycles. The molecule has 132 valence electrons. The van der Waals surface area contributed by atoms with Gasteiger partial charge in [-0.15, -0.1) is 11.3 Å². The topological polar surface area (TPSA) is 78.4 Å². The van der Waals surface area contributed by atoms with Crippen LogP contribution in [0.25, 0.3) is 4.96 Å². The number of fused-ring (bicyclic) bond motifs is 1. The Morgan fingerprint density at radius 3 is 3.00 bits per heavy atom. The van der Waals surface area contributed by atoms with Crippen molar-refractivity contribution in [1.82, 2.24) is 9.38 Å². The number of aromatic nitrogens is 2. The predicted molar refractivity (Wildman–Crippen MR) is 95.9 cm³/mol. The van der Waals surface area contributed by atoms with E-state index in [9.17, 15) is 14.3 Å². The number of thiazole rings is 1. The molecule has 1 fully saturated rings. The highest BCUT2D eigenvalue weighted by atomic mass is 32.1. The molecule has 1 saturated carbocycles. The molecule has 1 aliphatic rings. The number of rotatable bonds is 4. The van der Waals surface area contributed by atoms with Crippen LogP contribution in [0.1, 0.15) is 39.7 Å². The van der Waals surface area contributed by atoms with Crippen molar-refractivity contribution < 1.29 is 9.50 Å². The Morgan fingerprint density at radius 1 is 1.50 bits per heavy atom. The van der Waals surface area contributed by atoms with Gasteiger partial charge in [-0.25, -0.2) is 9.37 Å². The quantitative estimate of drug-likeness (QED) is 0.767. The lowest BCUT2D eigenvalue weighted by Crippen LogP contribution is -2.17. The van der Waals surface area contributed by atoms with E-state index in [1.54, 1.807) is 16.5 Å². The van der Waals surface area contributed by atoms with E-state index in [2.05, 4.69) is 4.98 Å². The first-order valence-electron chi connectivity index (χ1n) is 8.33. The Morgan fingerprint density at radius 2 is 2.31 bits per heavy atom. The van der Waals surface area contributed by atoms with E-state index < -0.39 is 5.82 Å². The molecule has 5 nitrogen and oxygen atoms in total. The van der Waals surface area contributed by atoms with Gasteiger partial charge in [-0.3, -0.25) is 9.20 Å². The molecular weight excluding hydrogens is 353 g/mol. The molecule has 0 aliphatic heterocycles. The third-order valence-corrected chi connectivity index (χ3v) is 5.84. The van der Waals surface area contributed by atoms with E-state index in [-0.39, 0.29) is 36.0 Å². The van der Waals surface area contributed by atoms with E-state index in [0.29, 0.717) is 16.2 Å². The minimum Gasteiger partial charge on any atom is -0.396 e. The van der Waals surface area contributed by atoms with Crippen molar-refractivity contribution in [3.05, 3.63) is 67.8 Å². The third-order valence-electron chi connectivity index (χ3n) is 4.87. The molecule has 2 heterocycles. The van der Waals surface area contributed by atoms with Crippen LogP contribution < -0.4 is 5.56 Å². The zero-order chi connectivity index (χ0) is 18.4. The van der Waals surface area contributed by atoms with Gasteiger partial charge in [0.05, 0.1) is 11.3 Å². The molecule has 7 heteroatoms. The van der Waals surface area contributed by atoms with Crippen molar-refractivity contribution in [2.75, 3.05) is 6.61 Å². The second-order valence-corrected chi connectivity index (χ2v) is 7.78. The Labute approximate surface area is 153 Å². The second kappa shape index (κ2) is 6.31. The molecule has 0 bridgehead atoms. The molecule has 4 rings (SSSR count). The van der Waals surface area contributed by atoms with Crippen LogP contribution >= 0.6 is 11.3 Å². The number of nitrogens with zero attached hydrogens (tertiary/aromatic N) is 3. The van der Waals surface area contributed by atoms with Gasteiger partial charge < -0.3 is 5.11 Å². The first kappa shape index (κ1) is 16.9. The molecule has 2 atom stereocenters. The van der Waals surface area contributed by atoms with Gasteiger partial charge in [0, 0.05) is 35.6 Å². The zero-order valence-corrected chi connectivity index (χ0v) is 14.9. The van der Waals surface area contributed by atoms with Gasteiger partial charge in [-0.05, 0) is 30.9 Å². The second-order valence-electron chi connectivity index (χ2n) is 6.60. The fourth-order valence-corrected chi connectivity index (χ4v) is 4.51. The third kappa shape index (κ3) is 2.71. The van der Waals surface area contributed by atoms with Crippen molar-refractivity contribution in [3.8, 4) is 6.07 Å². The lowest BCUT2D eigenvalue weighted by molar-refractivity contribution is 0.273. The van der Waals surface area contributed by atoms with Gasteiger partial charge in [0.15, 0.2) is 4.96 Å². The first-order valence-corrected chi connectivity index (χ1v) is 9.15. The SMILES string of the molecule is Cc1sc2nc(Cc3cccc(C#N)c3F)cc(=O)n2c1[C@@H]1C[C@H]1CO. The summed E-state index contributed by atoms with van der Waals surface area (Å²) >= 11 is 1.43. The number of benzene rings is 1. The zero-order valence-electron chi connectivity index (χ0n) is 14.1. The van der Waals surface area contributed by atoms with Gasteiger partial charge >= 0.3 is 0 Å². The van der Waals surface area contributed by atoms with Crippen LogP contribution in [0, 0.1) is 30.0 Å². The minimum absolute atomic E-state index is 0.0154. The Kier molecular flexibility index (Phi) is 4.10. The first-order chi connectivity index (χ1) is 12.5. The Hall–Kier alpha value is -2.56. The number of halogens is 1. The predicted octanol–water partition coefficient (Wildman–Crippen LogP) is 2.76. The normalized spacial score (nSPS) is 18.8. The lowest BCUT2D eigenvalue weighted by atomic mass is 10.1. The smallest absolute Gasteiger partial charge is 0.258 e. The molecule has 1 aromatic carbocycles. The van der Waals surface area contributed by atoms with Crippen LogP contribution in [0.3, 0.4) is 0 Å². The highest BCUT2D eigenvalue weighted by molar-refractivity contribution is 7.17. The van der Waals surface area contributed by atoms with Gasteiger partial charge in [0.2, 0.25) is 0 Å². The van der Waals surface area contributed by atoms with Crippen LogP contribution in [-0.2, 0) is 6.42 Å². The summed E-state index contributed by atoms with van der Waals surface area (Å²) in [5, 5.41) is 18.3. The van der Waals surface area contributed by atoms with Crippen molar-refractivity contribution >= 4 is 16.3 Å². The number of nitriles is 1. The van der Waals surface area contributed by atoms with Crippen molar-refractivity contribution in [2.45, 2.75) is 25.7 Å². The highest BCUT2D eigenvalue weighted by Gasteiger charge is 2.41. The number of hydrogen-bond donors (Lipinski definition) is 1. The van der Waals surface area contributed by atoms with Gasteiger partial charge in [-0.2, -0.15) is 5.26 Å². The van der Waals surface area contributed by atoms with Gasteiger partial charge in [-0.1, -0.05) is 12.1 Å². The Balaban J connectivity index is 1.76. The number of aliphatic hydroxyl groups is 1. The van der Waals surface area contributed by atoms with E-state index >= 15 is 0 Å². The van der Waals surface area contributed by atoms with E-state index in [4.69, 9.17) is 5.26 Å². The molecule has 0 saturated heterocycles. The fraction of sp³-hybridized carbons (Fsp3) is 0.316. The summed E-state index contributed by atoms with van der Waals surface area (Å²) in [7, 11) is 0. The molecular formula is C19H16FN3O2S. The summed E-state index contributed by atoms with van der Waals surface area (Å²) < 4.78 is 15.9. The van der Waals surface area contributed by atoms with Crippen LogP contribution in [0.5, 0.6) is 0 Å². The summed E-state index contributed by atoms with van der Waals surface area (Å²) in [6.45, 7) is 2.08. The monoisotopic (exact) mass is 369 g/mol. The van der Waals surface area contributed by atoms with Crippen molar-refractivity contribution in [3.63, 3.8) is 0 Å². The molecule has 0 unspecified atom stereocenters.